The molecular weight excluding hydrogens is 242 g/mol. The van der Waals surface area contributed by atoms with E-state index >= 15 is 0 Å². The van der Waals surface area contributed by atoms with Crippen LogP contribution in [0.5, 0.6) is 0 Å². The highest BCUT2D eigenvalue weighted by atomic mass is 16.4. The number of hydrogen-bond acceptors (Lipinski definition) is 4. The van der Waals surface area contributed by atoms with Crippen LogP contribution in [0.2, 0.25) is 0 Å². The number of nitrogens with zero attached hydrogens (tertiary/aromatic N) is 3. The molecule has 0 spiro atoms. The first-order valence-corrected chi connectivity index (χ1v) is 6.20. The third-order valence-electron chi connectivity index (χ3n) is 2.65. The number of carboxylic acids is 1. The number of carbonyl (C=O) groups is 1. The zero-order valence-electron chi connectivity index (χ0n) is 11.8. The molecule has 0 aliphatic heterocycles. The summed E-state index contributed by atoms with van der Waals surface area (Å²) in [4.78, 5) is 17.0. The van der Waals surface area contributed by atoms with Crippen LogP contribution in [-0.4, -0.2) is 29.1 Å². The third-order valence-corrected chi connectivity index (χ3v) is 2.65. The quantitative estimate of drug-likeness (QED) is 0.878. The van der Waals surface area contributed by atoms with Crippen LogP contribution < -0.4 is 4.90 Å². The highest BCUT2D eigenvalue weighted by Gasteiger charge is 2.19. The number of pyridine rings is 1. The number of anilines is 1. The lowest BCUT2D eigenvalue weighted by atomic mass is 10.1. The number of aliphatic carboxylic acids is 1. The van der Waals surface area contributed by atoms with Crippen LogP contribution >= 0.6 is 0 Å². The Labute approximate surface area is 113 Å². The van der Waals surface area contributed by atoms with E-state index in [1.54, 1.807) is 4.90 Å². The first-order chi connectivity index (χ1) is 8.85. The van der Waals surface area contributed by atoms with Gasteiger partial charge in [-0.1, -0.05) is 13.8 Å². The Balaban J connectivity index is 3.28. The Hall–Kier alpha value is -2.09. The molecule has 5 heteroatoms. The molecule has 0 bridgehead atoms. The van der Waals surface area contributed by atoms with E-state index < -0.39 is 5.97 Å². The minimum Gasteiger partial charge on any atom is -0.480 e. The van der Waals surface area contributed by atoms with E-state index in [0.29, 0.717) is 17.9 Å². The molecule has 0 aliphatic carbocycles. The predicted molar refractivity (Wildman–Crippen MR) is 73.1 cm³/mol. The van der Waals surface area contributed by atoms with Crippen LogP contribution in [-0.2, 0) is 4.79 Å². The van der Waals surface area contributed by atoms with Gasteiger partial charge in [-0.3, -0.25) is 4.79 Å². The molecule has 102 valence electrons. The van der Waals surface area contributed by atoms with Crippen molar-refractivity contribution < 1.29 is 9.90 Å². The van der Waals surface area contributed by atoms with Crippen molar-refractivity contribution in [3.63, 3.8) is 0 Å². The lowest BCUT2D eigenvalue weighted by molar-refractivity contribution is -0.135. The van der Waals surface area contributed by atoms with Crippen molar-refractivity contribution in [3.05, 3.63) is 22.9 Å². The number of hydrogen-bond donors (Lipinski definition) is 1. The Bertz CT molecular complexity index is 518. The smallest absolute Gasteiger partial charge is 0.323 e. The average Bonchev–Trinajstić information content (AvgIpc) is 2.25. The van der Waals surface area contributed by atoms with Crippen molar-refractivity contribution in [3.8, 4) is 6.07 Å². The second-order valence-electron chi connectivity index (χ2n) is 5.06. The molecule has 1 rings (SSSR count). The maximum Gasteiger partial charge on any atom is 0.323 e. The number of aromatic nitrogens is 1. The van der Waals surface area contributed by atoms with E-state index in [4.69, 9.17) is 5.11 Å². The van der Waals surface area contributed by atoms with Gasteiger partial charge in [-0.2, -0.15) is 5.26 Å². The Morgan fingerprint density at radius 2 is 2.16 bits per heavy atom. The van der Waals surface area contributed by atoms with Crippen molar-refractivity contribution in [1.29, 1.82) is 5.26 Å². The van der Waals surface area contributed by atoms with E-state index in [1.165, 1.54) is 0 Å². The van der Waals surface area contributed by atoms with Crippen LogP contribution in [0.15, 0.2) is 6.07 Å². The van der Waals surface area contributed by atoms with Crippen molar-refractivity contribution in [2.45, 2.75) is 27.7 Å². The van der Waals surface area contributed by atoms with Gasteiger partial charge in [0, 0.05) is 12.2 Å². The molecule has 0 radical (unpaired) electrons. The molecule has 0 atom stereocenters. The topological polar surface area (TPSA) is 77.2 Å². The van der Waals surface area contributed by atoms with Gasteiger partial charge >= 0.3 is 5.97 Å². The van der Waals surface area contributed by atoms with Gasteiger partial charge in [-0.25, -0.2) is 4.98 Å². The molecule has 19 heavy (non-hydrogen) atoms. The van der Waals surface area contributed by atoms with E-state index in [2.05, 4.69) is 11.1 Å². The van der Waals surface area contributed by atoms with Gasteiger partial charge in [-0.05, 0) is 31.4 Å². The molecule has 0 amide bonds. The Morgan fingerprint density at radius 3 is 2.63 bits per heavy atom. The SMILES string of the molecule is Cc1cc(C)c(C#N)c(N(CC(=O)O)CC(C)C)n1. The first kappa shape index (κ1) is 15.0. The lowest BCUT2D eigenvalue weighted by Gasteiger charge is -2.25. The van der Waals surface area contributed by atoms with Crippen molar-refractivity contribution in [2.75, 3.05) is 18.0 Å². The fourth-order valence-electron chi connectivity index (χ4n) is 2.01. The summed E-state index contributed by atoms with van der Waals surface area (Å²) in [5, 5.41) is 18.3. The maximum absolute atomic E-state index is 11.0. The highest BCUT2D eigenvalue weighted by Crippen LogP contribution is 2.22. The molecular formula is C14H19N3O2. The molecule has 0 aliphatic rings. The van der Waals surface area contributed by atoms with E-state index in [9.17, 15) is 10.1 Å². The van der Waals surface area contributed by atoms with Crippen molar-refractivity contribution in [1.82, 2.24) is 4.98 Å². The minimum absolute atomic E-state index is 0.150. The molecule has 1 heterocycles. The van der Waals surface area contributed by atoms with Crippen molar-refractivity contribution >= 4 is 11.8 Å². The fourth-order valence-corrected chi connectivity index (χ4v) is 2.01. The van der Waals surface area contributed by atoms with Gasteiger partial charge in [0.15, 0.2) is 0 Å². The van der Waals surface area contributed by atoms with E-state index in [1.807, 2.05) is 33.8 Å². The minimum atomic E-state index is -0.925. The molecule has 1 aromatic heterocycles. The second kappa shape index (κ2) is 6.19. The normalized spacial score (nSPS) is 10.3. The number of carboxylic acid groups (broad SMARTS) is 1. The standard InChI is InChI=1S/C14H19N3O2/c1-9(2)7-17(8-13(18)19)14-12(6-15)10(3)5-11(4)16-14/h5,9H,7-8H2,1-4H3,(H,18,19). The number of aryl methyl sites for hydroxylation is 2. The van der Waals surface area contributed by atoms with Crippen LogP contribution in [0.1, 0.15) is 30.7 Å². The predicted octanol–water partition coefficient (Wildman–Crippen LogP) is 2.12. The summed E-state index contributed by atoms with van der Waals surface area (Å²) in [6.45, 7) is 8.09. The molecule has 0 saturated carbocycles. The maximum atomic E-state index is 11.0. The van der Waals surface area contributed by atoms with Gasteiger partial charge in [-0.15, -0.1) is 0 Å². The molecule has 0 unspecified atom stereocenters. The molecule has 1 N–H and O–H groups in total. The number of nitriles is 1. The van der Waals surface area contributed by atoms with Gasteiger partial charge in [0.1, 0.15) is 18.4 Å². The largest absolute Gasteiger partial charge is 0.480 e. The summed E-state index contributed by atoms with van der Waals surface area (Å²) in [7, 11) is 0. The first-order valence-electron chi connectivity index (χ1n) is 6.20. The third kappa shape index (κ3) is 3.95. The molecule has 0 fully saturated rings. The van der Waals surface area contributed by atoms with Crippen LogP contribution in [0.25, 0.3) is 0 Å². The summed E-state index contributed by atoms with van der Waals surface area (Å²) >= 11 is 0. The van der Waals surface area contributed by atoms with E-state index in [-0.39, 0.29) is 12.5 Å². The summed E-state index contributed by atoms with van der Waals surface area (Å²) < 4.78 is 0. The van der Waals surface area contributed by atoms with Gasteiger partial charge in [0.2, 0.25) is 0 Å². The van der Waals surface area contributed by atoms with Crippen LogP contribution in [0.4, 0.5) is 5.82 Å². The highest BCUT2D eigenvalue weighted by molar-refractivity contribution is 5.74. The molecule has 5 nitrogen and oxygen atoms in total. The number of rotatable bonds is 5. The monoisotopic (exact) mass is 261 g/mol. The molecule has 0 aromatic carbocycles. The van der Waals surface area contributed by atoms with Gasteiger partial charge < -0.3 is 10.0 Å². The van der Waals surface area contributed by atoms with Crippen LogP contribution in [0, 0.1) is 31.1 Å². The van der Waals surface area contributed by atoms with Crippen molar-refractivity contribution in [2.24, 2.45) is 5.92 Å². The molecule has 0 saturated heterocycles. The Morgan fingerprint density at radius 1 is 1.53 bits per heavy atom. The zero-order chi connectivity index (χ0) is 14.6. The second-order valence-corrected chi connectivity index (χ2v) is 5.06. The Kier molecular flexibility index (Phi) is 4.87. The molecule has 1 aromatic rings. The average molecular weight is 261 g/mol. The summed E-state index contributed by atoms with van der Waals surface area (Å²) in [6, 6.07) is 3.95. The van der Waals surface area contributed by atoms with Gasteiger partial charge in [0.05, 0.1) is 5.56 Å². The van der Waals surface area contributed by atoms with Gasteiger partial charge in [0.25, 0.3) is 0 Å². The lowest BCUT2D eigenvalue weighted by Crippen LogP contribution is -2.34. The summed E-state index contributed by atoms with van der Waals surface area (Å²) in [5.74, 6) is -0.171. The zero-order valence-corrected chi connectivity index (χ0v) is 11.8. The fraction of sp³-hybridized carbons (Fsp3) is 0.500. The van der Waals surface area contributed by atoms with E-state index in [0.717, 1.165) is 11.3 Å². The van der Waals surface area contributed by atoms with Crippen LogP contribution in [0.3, 0.4) is 0 Å². The summed E-state index contributed by atoms with van der Waals surface area (Å²) in [6.07, 6.45) is 0. The summed E-state index contributed by atoms with van der Waals surface area (Å²) in [5.41, 5.74) is 2.06.